The average molecular weight is 462 g/mol. The highest BCUT2D eigenvalue weighted by atomic mass is 32.1. The maximum Gasteiger partial charge on any atom is 0.265 e. The Morgan fingerprint density at radius 1 is 0.625 bits per heavy atom. The van der Waals surface area contributed by atoms with E-state index in [2.05, 4.69) is 16.0 Å². The number of benzene rings is 2. The molecule has 0 aliphatic heterocycles. The zero-order chi connectivity index (χ0) is 22.3. The molecule has 3 amide bonds. The zero-order valence-corrected chi connectivity index (χ0v) is 18.5. The lowest BCUT2D eigenvalue weighted by Crippen LogP contribution is -2.21. The summed E-state index contributed by atoms with van der Waals surface area (Å²) in [6.07, 6.45) is 0. The maximum atomic E-state index is 12.5. The molecule has 0 saturated carbocycles. The van der Waals surface area contributed by atoms with E-state index >= 15 is 0 Å². The van der Waals surface area contributed by atoms with Gasteiger partial charge in [0.15, 0.2) is 0 Å². The first-order chi connectivity index (χ1) is 15.6. The number of carbonyl (C=O) groups excluding carboxylic acids is 3. The molecular weight excluding hydrogens is 442 g/mol. The molecule has 4 aromatic rings. The summed E-state index contributed by atoms with van der Waals surface area (Å²) in [6, 6.07) is 21.2. The Morgan fingerprint density at radius 3 is 1.69 bits per heavy atom. The van der Waals surface area contributed by atoms with Crippen molar-refractivity contribution < 1.29 is 14.4 Å². The molecule has 0 unspecified atom stereocenters. The van der Waals surface area contributed by atoms with E-state index in [0.29, 0.717) is 33.2 Å². The third kappa shape index (κ3) is 5.48. The zero-order valence-electron chi connectivity index (χ0n) is 16.8. The molecule has 2 heterocycles. The Balaban J connectivity index is 1.29. The van der Waals surface area contributed by atoms with Crippen molar-refractivity contribution in [1.82, 2.24) is 5.32 Å². The predicted molar refractivity (Wildman–Crippen MR) is 129 cm³/mol. The fourth-order valence-electron chi connectivity index (χ4n) is 2.89. The summed E-state index contributed by atoms with van der Waals surface area (Å²) in [5.41, 5.74) is 2.68. The topological polar surface area (TPSA) is 87.3 Å². The van der Waals surface area contributed by atoms with Crippen molar-refractivity contribution in [2.45, 2.75) is 6.54 Å². The van der Waals surface area contributed by atoms with Crippen molar-refractivity contribution >= 4 is 51.8 Å². The van der Waals surface area contributed by atoms with Crippen molar-refractivity contribution in [2.24, 2.45) is 0 Å². The number of anilines is 2. The molecule has 2 aromatic carbocycles. The van der Waals surface area contributed by atoms with Gasteiger partial charge in [0, 0.05) is 23.5 Å². The smallest absolute Gasteiger partial charge is 0.265 e. The second-order valence-electron chi connectivity index (χ2n) is 6.82. The second-order valence-corrected chi connectivity index (χ2v) is 8.72. The first-order valence-electron chi connectivity index (χ1n) is 9.75. The molecule has 6 nitrogen and oxygen atoms in total. The van der Waals surface area contributed by atoms with Crippen LogP contribution in [0.5, 0.6) is 0 Å². The number of amides is 3. The minimum Gasteiger partial charge on any atom is -0.347 e. The van der Waals surface area contributed by atoms with Gasteiger partial charge in [0.1, 0.15) is 0 Å². The predicted octanol–water partition coefficient (Wildman–Crippen LogP) is 5.24. The van der Waals surface area contributed by atoms with E-state index in [4.69, 9.17) is 0 Å². The van der Waals surface area contributed by atoms with Crippen molar-refractivity contribution in [3.05, 3.63) is 104 Å². The minimum atomic E-state index is -0.241. The standard InChI is InChI=1S/C24H19N3O3S2/c28-22(17-7-5-16(6-8-17)15-25-23(29)20-3-1-13-31-20)26-18-9-11-19(12-10-18)27-24(30)21-4-2-14-32-21/h1-14H,15H2,(H,25,29)(H,26,28)(H,27,30). The maximum absolute atomic E-state index is 12.5. The Morgan fingerprint density at radius 2 is 1.16 bits per heavy atom. The van der Waals surface area contributed by atoms with Gasteiger partial charge in [-0.2, -0.15) is 0 Å². The molecule has 3 N–H and O–H groups in total. The van der Waals surface area contributed by atoms with Gasteiger partial charge in [-0.1, -0.05) is 24.3 Å². The van der Waals surface area contributed by atoms with Gasteiger partial charge in [-0.3, -0.25) is 14.4 Å². The van der Waals surface area contributed by atoms with E-state index in [9.17, 15) is 14.4 Å². The molecule has 0 atom stereocenters. The molecule has 0 aliphatic rings. The van der Waals surface area contributed by atoms with Crippen LogP contribution < -0.4 is 16.0 Å². The van der Waals surface area contributed by atoms with E-state index < -0.39 is 0 Å². The minimum absolute atomic E-state index is 0.114. The van der Waals surface area contributed by atoms with Crippen LogP contribution in [0.15, 0.2) is 83.6 Å². The summed E-state index contributed by atoms with van der Waals surface area (Å²) in [4.78, 5) is 37.9. The molecule has 8 heteroatoms. The van der Waals surface area contributed by atoms with Crippen molar-refractivity contribution in [3.8, 4) is 0 Å². The van der Waals surface area contributed by atoms with Gasteiger partial charge in [0.2, 0.25) is 0 Å². The molecular formula is C24H19N3O3S2. The van der Waals surface area contributed by atoms with Crippen LogP contribution in [0.1, 0.15) is 35.3 Å². The van der Waals surface area contributed by atoms with Crippen molar-refractivity contribution in [1.29, 1.82) is 0 Å². The number of rotatable bonds is 7. The van der Waals surface area contributed by atoms with Crippen LogP contribution in [0.4, 0.5) is 11.4 Å². The molecule has 2 aromatic heterocycles. The highest BCUT2D eigenvalue weighted by Crippen LogP contribution is 2.17. The van der Waals surface area contributed by atoms with Crippen LogP contribution in [-0.4, -0.2) is 17.7 Å². The second kappa shape index (κ2) is 10.0. The summed E-state index contributed by atoms with van der Waals surface area (Å²) >= 11 is 2.77. The lowest BCUT2D eigenvalue weighted by molar-refractivity contribution is 0.0953. The molecule has 0 aliphatic carbocycles. The number of carbonyl (C=O) groups is 3. The lowest BCUT2D eigenvalue weighted by Gasteiger charge is -2.09. The molecule has 0 saturated heterocycles. The van der Waals surface area contributed by atoms with Gasteiger partial charge in [0.05, 0.1) is 9.75 Å². The Kier molecular flexibility index (Phi) is 6.74. The normalized spacial score (nSPS) is 10.4. The fourth-order valence-corrected chi connectivity index (χ4v) is 4.15. The summed E-state index contributed by atoms with van der Waals surface area (Å²) < 4.78 is 0. The van der Waals surface area contributed by atoms with Gasteiger partial charge >= 0.3 is 0 Å². The number of nitrogens with one attached hydrogen (secondary N) is 3. The van der Waals surface area contributed by atoms with Gasteiger partial charge in [-0.05, 0) is 64.9 Å². The largest absolute Gasteiger partial charge is 0.347 e. The molecule has 0 radical (unpaired) electrons. The lowest BCUT2D eigenvalue weighted by atomic mass is 10.1. The molecule has 4 rings (SSSR count). The van der Waals surface area contributed by atoms with Gasteiger partial charge < -0.3 is 16.0 Å². The number of hydrogen-bond acceptors (Lipinski definition) is 5. The van der Waals surface area contributed by atoms with Crippen molar-refractivity contribution in [2.75, 3.05) is 10.6 Å². The summed E-state index contributed by atoms with van der Waals surface area (Å²) in [6.45, 7) is 0.386. The Hall–Kier alpha value is -3.75. The van der Waals surface area contributed by atoms with Crippen LogP contribution >= 0.6 is 22.7 Å². The Bertz CT molecular complexity index is 1200. The Labute approximate surface area is 192 Å². The summed E-state index contributed by atoms with van der Waals surface area (Å²) in [7, 11) is 0. The average Bonchev–Trinajstić information content (AvgIpc) is 3.53. The molecule has 0 bridgehead atoms. The summed E-state index contributed by atoms with van der Waals surface area (Å²) in [5.74, 6) is -0.519. The molecule has 0 spiro atoms. The van der Waals surface area contributed by atoms with Crippen LogP contribution in [-0.2, 0) is 6.54 Å². The third-order valence-electron chi connectivity index (χ3n) is 4.56. The van der Waals surface area contributed by atoms with Crippen LogP contribution in [0, 0.1) is 0 Å². The van der Waals surface area contributed by atoms with Crippen LogP contribution in [0.3, 0.4) is 0 Å². The quantitative estimate of drug-likeness (QED) is 0.352. The highest BCUT2D eigenvalue weighted by molar-refractivity contribution is 7.12. The van der Waals surface area contributed by atoms with Gasteiger partial charge in [-0.15, -0.1) is 22.7 Å². The van der Waals surface area contributed by atoms with E-state index in [1.165, 1.54) is 22.7 Å². The first kappa shape index (κ1) is 21.5. The number of thiophene rings is 2. The van der Waals surface area contributed by atoms with Crippen molar-refractivity contribution in [3.63, 3.8) is 0 Å². The molecule has 0 fully saturated rings. The third-order valence-corrected chi connectivity index (χ3v) is 6.30. The number of hydrogen-bond donors (Lipinski definition) is 3. The van der Waals surface area contributed by atoms with E-state index in [1.807, 2.05) is 35.0 Å². The van der Waals surface area contributed by atoms with Crippen LogP contribution in [0.2, 0.25) is 0 Å². The van der Waals surface area contributed by atoms with E-state index in [0.717, 1.165) is 5.56 Å². The SMILES string of the molecule is O=C(Nc1ccc(NC(=O)c2cccs2)cc1)c1ccc(CNC(=O)c2cccs2)cc1. The van der Waals surface area contributed by atoms with Gasteiger partial charge in [-0.25, -0.2) is 0 Å². The highest BCUT2D eigenvalue weighted by Gasteiger charge is 2.10. The molecule has 160 valence electrons. The first-order valence-corrected chi connectivity index (χ1v) is 11.5. The molecule has 32 heavy (non-hydrogen) atoms. The van der Waals surface area contributed by atoms with E-state index in [-0.39, 0.29) is 17.7 Å². The van der Waals surface area contributed by atoms with E-state index in [1.54, 1.807) is 48.5 Å². The van der Waals surface area contributed by atoms with Crippen LogP contribution in [0.25, 0.3) is 0 Å². The fraction of sp³-hybridized carbons (Fsp3) is 0.0417. The monoisotopic (exact) mass is 461 g/mol. The summed E-state index contributed by atoms with van der Waals surface area (Å²) in [5, 5.41) is 12.2. The van der Waals surface area contributed by atoms with Gasteiger partial charge in [0.25, 0.3) is 17.7 Å².